The average molecular weight is 689 g/mol. The maximum absolute atomic E-state index is 15.4. The molecule has 6 rings (SSSR count). The number of anilines is 2. The molecule has 50 heavy (non-hydrogen) atoms. The van der Waals surface area contributed by atoms with E-state index in [0.29, 0.717) is 34.7 Å². The summed E-state index contributed by atoms with van der Waals surface area (Å²) in [7, 11) is 1.54. The van der Waals surface area contributed by atoms with E-state index in [2.05, 4.69) is 37.3 Å². The first-order valence-corrected chi connectivity index (χ1v) is 16.9. The van der Waals surface area contributed by atoms with Crippen LogP contribution >= 0.6 is 0 Å². The fourth-order valence-corrected chi connectivity index (χ4v) is 6.67. The Balaban J connectivity index is 1.10. The maximum Gasteiger partial charge on any atom is 0.240 e. The quantitative estimate of drug-likeness (QED) is 0.130. The van der Waals surface area contributed by atoms with Gasteiger partial charge in [0.05, 0.1) is 24.6 Å². The van der Waals surface area contributed by atoms with Gasteiger partial charge in [0.25, 0.3) is 0 Å². The smallest absolute Gasteiger partial charge is 0.240 e. The summed E-state index contributed by atoms with van der Waals surface area (Å²) in [4.78, 5) is 40.2. The molecule has 3 atom stereocenters. The number of methoxy groups -OCH3 is 1. The molecule has 1 saturated heterocycles. The van der Waals surface area contributed by atoms with Crippen molar-refractivity contribution in [1.29, 1.82) is 0 Å². The van der Waals surface area contributed by atoms with Crippen molar-refractivity contribution in [3.05, 3.63) is 72.6 Å². The fourth-order valence-electron chi connectivity index (χ4n) is 6.67. The van der Waals surface area contributed by atoms with E-state index in [1.807, 2.05) is 0 Å². The van der Waals surface area contributed by atoms with E-state index < -0.39 is 28.9 Å². The zero-order valence-electron chi connectivity index (χ0n) is 28.7. The Morgan fingerprint density at radius 3 is 2.16 bits per heavy atom. The topological polar surface area (TPSA) is 118 Å². The summed E-state index contributed by atoms with van der Waals surface area (Å²) in [5, 5.41) is 5.89. The summed E-state index contributed by atoms with van der Waals surface area (Å²) in [5.41, 5.74) is -0.318. The molecule has 264 valence electrons. The number of halogens is 2. The van der Waals surface area contributed by atoms with Crippen molar-refractivity contribution in [3.63, 3.8) is 0 Å². The summed E-state index contributed by atoms with van der Waals surface area (Å²) in [5.74, 6) is -1.81. The van der Waals surface area contributed by atoms with Gasteiger partial charge in [-0.15, -0.1) is 0 Å². The lowest BCUT2D eigenvalue weighted by atomic mass is 9.99. The first kappa shape index (κ1) is 35.0. The van der Waals surface area contributed by atoms with E-state index in [-0.39, 0.29) is 29.2 Å². The van der Waals surface area contributed by atoms with Crippen LogP contribution in [-0.4, -0.2) is 84.6 Å². The van der Waals surface area contributed by atoms with Crippen LogP contribution in [0.1, 0.15) is 27.2 Å². The van der Waals surface area contributed by atoms with Gasteiger partial charge >= 0.3 is 0 Å². The Labute approximate surface area is 289 Å². The summed E-state index contributed by atoms with van der Waals surface area (Å²) >= 11 is 0. The van der Waals surface area contributed by atoms with Crippen molar-refractivity contribution in [2.45, 2.75) is 27.2 Å². The Morgan fingerprint density at radius 2 is 1.52 bits per heavy atom. The third-order valence-electron chi connectivity index (χ3n) is 10.00. The van der Waals surface area contributed by atoms with Gasteiger partial charge in [-0.2, -0.15) is 0 Å². The van der Waals surface area contributed by atoms with Crippen LogP contribution in [0.3, 0.4) is 0 Å². The molecule has 1 aliphatic carbocycles. The number of likely N-dealkylation sites (N-methyl/N-ethyl adjacent to an activating group) is 1. The van der Waals surface area contributed by atoms with E-state index in [1.165, 1.54) is 49.8 Å². The number of carbonyl (C=O) groups excluding carboxylic acids is 2. The number of ether oxygens (including phenoxy) is 3. The molecule has 1 aliphatic heterocycles. The minimum atomic E-state index is -1.37. The number of amides is 2. The number of nitrogens with zero attached hydrogens (tertiary/aromatic N) is 4. The molecule has 2 aliphatic rings. The highest BCUT2D eigenvalue weighted by Crippen LogP contribution is 2.59. The van der Waals surface area contributed by atoms with Gasteiger partial charge in [0.1, 0.15) is 17.6 Å². The molecule has 0 spiro atoms. The van der Waals surface area contributed by atoms with Gasteiger partial charge in [0, 0.05) is 56.2 Å². The number of rotatable bonds is 13. The molecule has 2 amide bonds. The van der Waals surface area contributed by atoms with Crippen LogP contribution in [0, 0.1) is 28.9 Å². The molecular weight excluding hydrogens is 646 g/mol. The average Bonchev–Trinajstić information content (AvgIpc) is 3.68. The van der Waals surface area contributed by atoms with Gasteiger partial charge in [-0.3, -0.25) is 9.59 Å². The SMILES string of the molecule is CCN1CCN(CCCOc2cc3ncnc(Oc4ccc(NC(=O)C5(C(=O)Nc6ccc(F)cc6)[C@H](C)[C@@H]5C)cc4F)c3cc2OC)CC1. The minimum Gasteiger partial charge on any atom is -0.493 e. The lowest BCUT2D eigenvalue weighted by molar-refractivity contribution is -0.132. The summed E-state index contributed by atoms with van der Waals surface area (Å²) < 4.78 is 46.3. The third kappa shape index (κ3) is 7.19. The highest BCUT2D eigenvalue weighted by Gasteiger charge is 2.69. The summed E-state index contributed by atoms with van der Waals surface area (Å²) in [6.45, 7) is 12.6. The van der Waals surface area contributed by atoms with Crippen molar-refractivity contribution in [1.82, 2.24) is 19.8 Å². The fraction of sp³-hybridized carbons (Fsp3) is 0.405. The molecule has 2 fully saturated rings. The Kier molecular flexibility index (Phi) is 10.4. The lowest BCUT2D eigenvalue weighted by Crippen LogP contribution is -2.46. The summed E-state index contributed by atoms with van der Waals surface area (Å²) in [6.07, 6.45) is 2.19. The third-order valence-corrected chi connectivity index (χ3v) is 10.00. The van der Waals surface area contributed by atoms with Crippen LogP contribution in [0.4, 0.5) is 20.2 Å². The number of piperazine rings is 1. The van der Waals surface area contributed by atoms with Crippen LogP contribution in [0.25, 0.3) is 10.9 Å². The second-order valence-electron chi connectivity index (χ2n) is 12.8. The zero-order chi connectivity index (χ0) is 35.4. The molecule has 1 aromatic heterocycles. The Bertz CT molecular complexity index is 1840. The van der Waals surface area contributed by atoms with Gasteiger partial charge in [0.2, 0.25) is 17.7 Å². The standard InChI is InChI=1S/C37H42F2N6O5/c1-5-44-14-16-45(17-15-44)13-6-18-49-33-21-30-28(20-32(33)48-4)34(41-22-40-30)50-31-12-11-27(19-29(31)39)43-36(47)37(23(2)24(37)3)35(46)42-26-9-7-25(38)8-10-26/h7-12,19-24H,5-6,13-18H2,1-4H3,(H,42,46)(H,43,47)/t23-,24+,37?. The summed E-state index contributed by atoms with van der Waals surface area (Å²) in [6, 6.07) is 12.7. The van der Waals surface area contributed by atoms with Crippen molar-refractivity contribution in [2.75, 3.05) is 63.6 Å². The molecule has 11 nitrogen and oxygen atoms in total. The molecule has 1 saturated carbocycles. The van der Waals surface area contributed by atoms with Gasteiger partial charge in [-0.05, 0) is 67.3 Å². The van der Waals surface area contributed by atoms with Crippen molar-refractivity contribution in [2.24, 2.45) is 17.3 Å². The number of fused-ring (bicyclic) bond motifs is 1. The molecular formula is C37H42F2N6O5. The molecule has 2 heterocycles. The first-order chi connectivity index (χ1) is 24.1. The second kappa shape index (κ2) is 14.9. The Morgan fingerprint density at radius 1 is 0.860 bits per heavy atom. The number of carbonyl (C=O) groups is 2. The molecule has 4 aromatic rings. The number of hydrogen-bond donors (Lipinski definition) is 2. The van der Waals surface area contributed by atoms with Crippen molar-refractivity contribution in [3.8, 4) is 23.1 Å². The van der Waals surface area contributed by atoms with E-state index >= 15 is 4.39 Å². The molecule has 1 unspecified atom stereocenters. The van der Waals surface area contributed by atoms with Gasteiger partial charge in [0.15, 0.2) is 23.1 Å². The van der Waals surface area contributed by atoms with Crippen LogP contribution < -0.4 is 24.8 Å². The molecule has 3 aromatic carbocycles. The van der Waals surface area contributed by atoms with Gasteiger partial charge < -0.3 is 34.6 Å². The predicted octanol–water partition coefficient (Wildman–Crippen LogP) is 5.96. The molecule has 0 radical (unpaired) electrons. The van der Waals surface area contributed by atoms with Crippen LogP contribution in [-0.2, 0) is 9.59 Å². The largest absolute Gasteiger partial charge is 0.493 e. The van der Waals surface area contributed by atoms with Crippen LogP contribution in [0.15, 0.2) is 60.9 Å². The highest BCUT2D eigenvalue weighted by molar-refractivity contribution is 6.17. The monoisotopic (exact) mass is 688 g/mol. The van der Waals surface area contributed by atoms with E-state index in [9.17, 15) is 14.0 Å². The molecule has 13 heteroatoms. The Hall–Kier alpha value is -4.88. The zero-order valence-corrected chi connectivity index (χ0v) is 28.7. The highest BCUT2D eigenvalue weighted by atomic mass is 19.1. The van der Waals surface area contributed by atoms with Crippen molar-refractivity contribution >= 4 is 34.1 Å². The van der Waals surface area contributed by atoms with Gasteiger partial charge in [-0.1, -0.05) is 20.8 Å². The number of hydrogen-bond acceptors (Lipinski definition) is 9. The molecule has 2 N–H and O–H groups in total. The minimum absolute atomic E-state index is 0.110. The van der Waals surface area contributed by atoms with Gasteiger partial charge in [-0.25, -0.2) is 18.7 Å². The van der Waals surface area contributed by atoms with E-state index in [4.69, 9.17) is 14.2 Å². The lowest BCUT2D eigenvalue weighted by Gasteiger charge is -2.33. The molecule has 0 bridgehead atoms. The number of benzene rings is 3. The maximum atomic E-state index is 15.4. The normalized spacial score (nSPS) is 20.7. The van der Waals surface area contributed by atoms with Crippen molar-refractivity contribution < 1.29 is 32.6 Å². The van der Waals surface area contributed by atoms with E-state index in [1.54, 1.807) is 26.0 Å². The van der Waals surface area contributed by atoms with E-state index in [0.717, 1.165) is 51.8 Å². The second-order valence-corrected chi connectivity index (χ2v) is 12.8. The predicted molar refractivity (Wildman–Crippen MR) is 186 cm³/mol. The first-order valence-electron chi connectivity index (χ1n) is 16.9. The van der Waals surface area contributed by atoms with Crippen LogP contribution in [0.5, 0.6) is 23.1 Å². The number of aromatic nitrogens is 2. The number of nitrogens with one attached hydrogen (secondary N) is 2. The van der Waals surface area contributed by atoms with Crippen LogP contribution in [0.2, 0.25) is 0 Å².